The molecule has 1 unspecified atom stereocenters. The molecule has 0 aromatic rings. The molecule has 0 aliphatic carbocycles. The van der Waals surface area contributed by atoms with Crippen LogP contribution in [0.25, 0.3) is 0 Å². The number of nitrogens with one attached hydrogen (secondary N) is 1. The minimum atomic E-state index is -0.171. The predicted octanol–water partition coefficient (Wildman–Crippen LogP) is 1.20. The predicted molar refractivity (Wildman–Crippen MR) is 62.2 cm³/mol. The molecule has 4 heteroatoms. The molecule has 0 aromatic heterocycles. The van der Waals surface area contributed by atoms with Crippen LogP contribution in [0.15, 0.2) is 0 Å². The monoisotopic (exact) mass is 229 g/mol. The van der Waals surface area contributed by atoms with E-state index in [0.717, 1.165) is 13.1 Å². The van der Waals surface area contributed by atoms with E-state index in [4.69, 9.17) is 9.47 Å². The summed E-state index contributed by atoms with van der Waals surface area (Å²) >= 11 is 0. The molecule has 1 rings (SSSR count). The van der Waals surface area contributed by atoms with Gasteiger partial charge in [-0.15, -0.1) is 0 Å². The molecule has 0 radical (unpaired) electrons. The molecule has 4 nitrogen and oxygen atoms in total. The Morgan fingerprint density at radius 2 is 2.00 bits per heavy atom. The first-order chi connectivity index (χ1) is 7.40. The highest BCUT2D eigenvalue weighted by molar-refractivity contribution is 5.72. The van der Waals surface area contributed by atoms with Crippen LogP contribution in [-0.2, 0) is 14.3 Å². The first-order valence-electron chi connectivity index (χ1n) is 5.91. The van der Waals surface area contributed by atoms with Gasteiger partial charge in [-0.2, -0.15) is 0 Å². The van der Waals surface area contributed by atoms with Crippen molar-refractivity contribution in [2.45, 2.75) is 33.3 Å². The van der Waals surface area contributed by atoms with Gasteiger partial charge in [-0.25, -0.2) is 0 Å². The zero-order chi connectivity index (χ0) is 12.2. The number of hydrogen-bond acceptors (Lipinski definition) is 4. The SMILES string of the molecule is CC(C(=O)OCCOC(C)(C)C)C1CNC1. The summed E-state index contributed by atoms with van der Waals surface area (Å²) in [6.07, 6.45) is 0. The Labute approximate surface area is 97.7 Å². The largest absolute Gasteiger partial charge is 0.463 e. The summed E-state index contributed by atoms with van der Waals surface area (Å²) in [5.74, 6) is 0.330. The van der Waals surface area contributed by atoms with Crippen molar-refractivity contribution in [2.24, 2.45) is 11.8 Å². The average molecular weight is 229 g/mol. The van der Waals surface area contributed by atoms with Crippen molar-refractivity contribution in [3.63, 3.8) is 0 Å². The third kappa shape index (κ3) is 4.49. The number of rotatable bonds is 5. The zero-order valence-corrected chi connectivity index (χ0v) is 10.7. The zero-order valence-electron chi connectivity index (χ0n) is 10.7. The third-order valence-corrected chi connectivity index (χ3v) is 2.75. The fourth-order valence-corrected chi connectivity index (χ4v) is 1.48. The quantitative estimate of drug-likeness (QED) is 0.568. The van der Waals surface area contributed by atoms with E-state index in [1.165, 1.54) is 0 Å². The molecule has 1 aliphatic rings. The van der Waals surface area contributed by atoms with E-state index >= 15 is 0 Å². The Balaban J connectivity index is 2.10. The lowest BCUT2D eigenvalue weighted by Crippen LogP contribution is -2.47. The van der Waals surface area contributed by atoms with Crippen molar-refractivity contribution in [2.75, 3.05) is 26.3 Å². The van der Waals surface area contributed by atoms with Crippen LogP contribution in [0.1, 0.15) is 27.7 Å². The number of esters is 1. The van der Waals surface area contributed by atoms with Crippen LogP contribution >= 0.6 is 0 Å². The molecule has 1 atom stereocenters. The number of hydrogen-bond donors (Lipinski definition) is 1. The molecule has 0 saturated carbocycles. The minimum absolute atomic E-state index is 0.00381. The highest BCUT2D eigenvalue weighted by Gasteiger charge is 2.29. The van der Waals surface area contributed by atoms with Crippen molar-refractivity contribution in [1.82, 2.24) is 5.32 Å². The normalized spacial score (nSPS) is 19.0. The van der Waals surface area contributed by atoms with E-state index in [9.17, 15) is 4.79 Å². The van der Waals surface area contributed by atoms with Gasteiger partial charge >= 0.3 is 5.97 Å². The van der Waals surface area contributed by atoms with Gasteiger partial charge in [0.15, 0.2) is 0 Å². The molecule has 1 aliphatic heterocycles. The Kier molecular flexibility index (Phi) is 4.74. The third-order valence-electron chi connectivity index (χ3n) is 2.75. The van der Waals surface area contributed by atoms with E-state index in [1.807, 2.05) is 27.7 Å². The van der Waals surface area contributed by atoms with E-state index in [-0.39, 0.29) is 17.5 Å². The molecule has 16 heavy (non-hydrogen) atoms. The van der Waals surface area contributed by atoms with Crippen molar-refractivity contribution in [1.29, 1.82) is 0 Å². The lowest BCUT2D eigenvalue weighted by Gasteiger charge is -2.31. The molecule has 1 saturated heterocycles. The number of carbonyl (C=O) groups is 1. The summed E-state index contributed by atoms with van der Waals surface area (Å²) in [5.41, 5.74) is -0.171. The minimum Gasteiger partial charge on any atom is -0.463 e. The molecule has 0 bridgehead atoms. The molecule has 1 fully saturated rings. The standard InChI is InChI=1S/C12H23NO3/c1-9(10-7-13-8-10)11(14)15-5-6-16-12(2,3)4/h9-10,13H,5-8H2,1-4H3. The average Bonchev–Trinajstić information content (AvgIpc) is 2.07. The highest BCUT2D eigenvalue weighted by Crippen LogP contribution is 2.17. The Morgan fingerprint density at radius 3 is 2.44 bits per heavy atom. The summed E-state index contributed by atoms with van der Waals surface area (Å²) in [6.45, 7) is 10.5. The van der Waals surface area contributed by atoms with Gasteiger partial charge in [0.2, 0.25) is 0 Å². The molecule has 1 heterocycles. The fraction of sp³-hybridized carbons (Fsp3) is 0.917. The summed E-state index contributed by atoms with van der Waals surface area (Å²) in [5, 5.41) is 3.15. The summed E-state index contributed by atoms with van der Waals surface area (Å²) in [4.78, 5) is 11.6. The van der Waals surface area contributed by atoms with Crippen LogP contribution in [0.3, 0.4) is 0 Å². The maximum atomic E-state index is 11.6. The van der Waals surface area contributed by atoms with Gasteiger partial charge in [0.25, 0.3) is 0 Å². The van der Waals surface area contributed by atoms with Crippen LogP contribution in [-0.4, -0.2) is 37.9 Å². The first-order valence-corrected chi connectivity index (χ1v) is 5.91. The number of carbonyl (C=O) groups excluding carboxylic acids is 1. The van der Waals surface area contributed by atoms with Gasteiger partial charge in [0.1, 0.15) is 6.61 Å². The second-order valence-corrected chi connectivity index (χ2v) is 5.34. The number of ether oxygens (including phenoxy) is 2. The Hall–Kier alpha value is -0.610. The van der Waals surface area contributed by atoms with Gasteiger partial charge < -0.3 is 14.8 Å². The van der Waals surface area contributed by atoms with Gasteiger partial charge in [0, 0.05) is 0 Å². The van der Waals surface area contributed by atoms with Gasteiger partial charge in [-0.1, -0.05) is 6.92 Å². The molecule has 94 valence electrons. The van der Waals surface area contributed by atoms with Crippen LogP contribution in [0.4, 0.5) is 0 Å². The van der Waals surface area contributed by atoms with Crippen LogP contribution in [0, 0.1) is 11.8 Å². The molecular formula is C12H23NO3. The topological polar surface area (TPSA) is 47.6 Å². The summed E-state index contributed by atoms with van der Waals surface area (Å²) in [6, 6.07) is 0. The highest BCUT2D eigenvalue weighted by atomic mass is 16.6. The van der Waals surface area contributed by atoms with E-state index in [0.29, 0.717) is 19.1 Å². The van der Waals surface area contributed by atoms with E-state index < -0.39 is 0 Å². The molecule has 0 aromatic carbocycles. The maximum absolute atomic E-state index is 11.6. The van der Waals surface area contributed by atoms with Crippen molar-refractivity contribution in [3.8, 4) is 0 Å². The van der Waals surface area contributed by atoms with Crippen LogP contribution in [0.5, 0.6) is 0 Å². The summed E-state index contributed by atoms with van der Waals surface area (Å²) in [7, 11) is 0. The lowest BCUT2D eigenvalue weighted by molar-refractivity contribution is -0.153. The summed E-state index contributed by atoms with van der Waals surface area (Å²) < 4.78 is 10.6. The smallest absolute Gasteiger partial charge is 0.309 e. The fourth-order valence-electron chi connectivity index (χ4n) is 1.48. The van der Waals surface area contributed by atoms with Crippen LogP contribution < -0.4 is 5.32 Å². The molecule has 1 N–H and O–H groups in total. The first kappa shape index (κ1) is 13.5. The van der Waals surface area contributed by atoms with Crippen LogP contribution in [0.2, 0.25) is 0 Å². The molecule has 0 spiro atoms. The lowest BCUT2D eigenvalue weighted by atomic mass is 9.89. The van der Waals surface area contributed by atoms with Crippen molar-refractivity contribution < 1.29 is 14.3 Å². The van der Waals surface area contributed by atoms with E-state index in [1.54, 1.807) is 0 Å². The van der Waals surface area contributed by atoms with Crippen molar-refractivity contribution in [3.05, 3.63) is 0 Å². The van der Waals surface area contributed by atoms with Crippen molar-refractivity contribution >= 4 is 5.97 Å². The van der Waals surface area contributed by atoms with Gasteiger partial charge in [0.05, 0.1) is 18.1 Å². The Morgan fingerprint density at radius 1 is 1.38 bits per heavy atom. The molecule has 0 amide bonds. The molecular weight excluding hydrogens is 206 g/mol. The van der Waals surface area contributed by atoms with Gasteiger partial charge in [-0.3, -0.25) is 4.79 Å². The maximum Gasteiger partial charge on any atom is 0.309 e. The second-order valence-electron chi connectivity index (χ2n) is 5.34. The second kappa shape index (κ2) is 5.64. The van der Waals surface area contributed by atoms with E-state index in [2.05, 4.69) is 5.32 Å². The van der Waals surface area contributed by atoms with Gasteiger partial charge in [-0.05, 0) is 39.8 Å². The Bertz CT molecular complexity index is 231.